The highest BCUT2D eigenvalue weighted by Gasteiger charge is 2.33. The van der Waals surface area contributed by atoms with E-state index in [1.54, 1.807) is 0 Å². The van der Waals surface area contributed by atoms with Crippen molar-refractivity contribution in [2.45, 2.75) is 17.7 Å². The molecule has 8 heteroatoms. The van der Waals surface area contributed by atoms with E-state index in [2.05, 4.69) is 5.92 Å². The summed E-state index contributed by atoms with van der Waals surface area (Å²) >= 11 is 0. The largest absolute Gasteiger partial charge is 0.369 e. The molecule has 1 aromatic rings. The third-order valence-corrected chi connectivity index (χ3v) is 5.74. The Hall–Kier alpha value is -1.95. The van der Waals surface area contributed by atoms with Crippen molar-refractivity contribution in [3.8, 4) is 12.3 Å². The normalized spacial score (nSPS) is 16.8. The lowest BCUT2D eigenvalue weighted by molar-refractivity contribution is -0.387. The summed E-state index contributed by atoms with van der Waals surface area (Å²) in [4.78, 5) is 10.1. The maximum absolute atomic E-state index is 12.6. The van der Waals surface area contributed by atoms with Crippen LogP contribution in [0.3, 0.4) is 0 Å². The fourth-order valence-electron chi connectivity index (χ4n) is 2.57. The van der Waals surface area contributed by atoms with Gasteiger partial charge in [0.05, 0.1) is 11.5 Å². The molecular formula is C15H18N2O5S. The van der Waals surface area contributed by atoms with Gasteiger partial charge in [0.15, 0.2) is 4.90 Å². The second-order valence-corrected chi connectivity index (χ2v) is 7.20. The highest BCUT2D eigenvalue weighted by Crippen LogP contribution is 2.29. The molecule has 0 aromatic heterocycles. The minimum atomic E-state index is -3.87. The zero-order valence-corrected chi connectivity index (χ0v) is 13.4. The molecule has 0 amide bonds. The van der Waals surface area contributed by atoms with Crippen LogP contribution in [-0.2, 0) is 14.8 Å². The van der Waals surface area contributed by atoms with E-state index in [-0.39, 0.29) is 17.4 Å². The molecule has 0 atom stereocenters. The molecular weight excluding hydrogens is 320 g/mol. The van der Waals surface area contributed by atoms with E-state index in [4.69, 9.17) is 11.2 Å². The highest BCUT2D eigenvalue weighted by molar-refractivity contribution is 7.89. The molecule has 1 fully saturated rings. The fourth-order valence-corrected chi connectivity index (χ4v) is 4.19. The number of rotatable bonds is 6. The van der Waals surface area contributed by atoms with Gasteiger partial charge in [-0.15, -0.1) is 6.42 Å². The predicted molar refractivity (Wildman–Crippen MR) is 84.2 cm³/mol. The molecule has 1 heterocycles. The van der Waals surface area contributed by atoms with Crippen LogP contribution in [0.1, 0.15) is 12.8 Å². The second kappa shape index (κ2) is 7.55. The van der Waals surface area contributed by atoms with Crippen molar-refractivity contribution >= 4 is 15.7 Å². The summed E-state index contributed by atoms with van der Waals surface area (Å²) in [6, 6.07) is 5.41. The van der Waals surface area contributed by atoms with Gasteiger partial charge in [0, 0.05) is 19.2 Å². The van der Waals surface area contributed by atoms with Crippen molar-refractivity contribution in [1.82, 2.24) is 4.31 Å². The fraction of sp³-hybridized carbons (Fsp3) is 0.467. The van der Waals surface area contributed by atoms with Gasteiger partial charge in [0.2, 0.25) is 10.0 Å². The zero-order chi connectivity index (χ0) is 16.9. The van der Waals surface area contributed by atoms with Gasteiger partial charge in [-0.2, -0.15) is 4.31 Å². The molecule has 0 aliphatic carbocycles. The smallest absolute Gasteiger partial charge is 0.289 e. The molecule has 1 aromatic carbocycles. The van der Waals surface area contributed by atoms with Crippen molar-refractivity contribution in [2.75, 3.05) is 26.3 Å². The Labute approximate surface area is 135 Å². The van der Waals surface area contributed by atoms with Crippen LogP contribution < -0.4 is 0 Å². The molecule has 7 nitrogen and oxygen atoms in total. The second-order valence-electron chi connectivity index (χ2n) is 5.29. The van der Waals surface area contributed by atoms with Crippen LogP contribution in [0.15, 0.2) is 29.2 Å². The number of ether oxygens (including phenoxy) is 1. The molecule has 0 bridgehead atoms. The predicted octanol–water partition coefficient (Wildman–Crippen LogP) is 1.65. The van der Waals surface area contributed by atoms with Crippen LogP contribution in [0.5, 0.6) is 0 Å². The van der Waals surface area contributed by atoms with Gasteiger partial charge < -0.3 is 4.74 Å². The van der Waals surface area contributed by atoms with E-state index in [0.717, 1.165) is 0 Å². The maximum atomic E-state index is 12.6. The molecule has 1 aliphatic rings. The van der Waals surface area contributed by atoms with Crippen LogP contribution >= 0.6 is 0 Å². The number of piperidine rings is 1. The van der Waals surface area contributed by atoms with E-state index in [0.29, 0.717) is 32.5 Å². The SMILES string of the molecule is C#CCOCC1CCN(S(=O)(=O)c2ccccc2[N+](=O)[O-])CC1. The number of para-hydroxylation sites is 1. The summed E-state index contributed by atoms with van der Waals surface area (Å²) in [5.41, 5.74) is -0.396. The van der Waals surface area contributed by atoms with Crippen LogP contribution in [-0.4, -0.2) is 43.9 Å². The Morgan fingerprint density at radius 2 is 2.00 bits per heavy atom. The lowest BCUT2D eigenvalue weighted by Gasteiger charge is -2.30. The molecule has 124 valence electrons. The standard InChI is InChI=1S/C15H18N2O5S/c1-2-11-22-12-13-7-9-16(10-8-13)23(20,21)15-6-4-3-5-14(15)17(18)19/h1,3-6,13H,7-12H2. The third-order valence-electron chi connectivity index (χ3n) is 3.79. The van der Waals surface area contributed by atoms with E-state index in [1.807, 2.05) is 0 Å². The molecule has 0 radical (unpaired) electrons. The van der Waals surface area contributed by atoms with Crippen LogP contribution in [0.4, 0.5) is 5.69 Å². The number of terminal acetylenes is 1. The molecule has 1 aliphatic heterocycles. The van der Waals surface area contributed by atoms with Gasteiger partial charge in [0.1, 0.15) is 6.61 Å². The number of benzene rings is 1. The summed E-state index contributed by atoms with van der Waals surface area (Å²) < 4.78 is 31.9. The quantitative estimate of drug-likeness (QED) is 0.340. The lowest BCUT2D eigenvalue weighted by Crippen LogP contribution is -2.39. The first-order valence-electron chi connectivity index (χ1n) is 7.21. The van der Waals surface area contributed by atoms with Crippen molar-refractivity contribution in [1.29, 1.82) is 0 Å². The summed E-state index contributed by atoms with van der Waals surface area (Å²) in [7, 11) is -3.87. The Bertz CT molecular complexity index is 703. The minimum Gasteiger partial charge on any atom is -0.369 e. The highest BCUT2D eigenvalue weighted by atomic mass is 32.2. The Morgan fingerprint density at radius 3 is 2.61 bits per heavy atom. The number of sulfonamides is 1. The molecule has 0 saturated carbocycles. The summed E-state index contributed by atoms with van der Waals surface area (Å²) in [5.74, 6) is 2.64. The molecule has 2 rings (SSSR count). The van der Waals surface area contributed by atoms with Crippen LogP contribution in [0.2, 0.25) is 0 Å². The van der Waals surface area contributed by atoms with E-state index in [1.165, 1.54) is 28.6 Å². The molecule has 23 heavy (non-hydrogen) atoms. The number of nitro benzene ring substituents is 1. The number of nitrogens with zero attached hydrogens (tertiary/aromatic N) is 2. The Balaban J connectivity index is 2.08. The lowest BCUT2D eigenvalue weighted by atomic mass is 9.99. The van der Waals surface area contributed by atoms with Gasteiger partial charge in [-0.1, -0.05) is 18.1 Å². The van der Waals surface area contributed by atoms with Gasteiger partial charge in [-0.3, -0.25) is 10.1 Å². The van der Waals surface area contributed by atoms with Crippen molar-refractivity contribution < 1.29 is 18.1 Å². The van der Waals surface area contributed by atoms with Crippen LogP contribution in [0.25, 0.3) is 0 Å². The summed E-state index contributed by atoms with van der Waals surface area (Å²) in [5, 5.41) is 11.0. The zero-order valence-electron chi connectivity index (χ0n) is 12.6. The first-order valence-corrected chi connectivity index (χ1v) is 8.65. The summed E-state index contributed by atoms with van der Waals surface area (Å²) in [6.07, 6.45) is 6.40. The van der Waals surface area contributed by atoms with Crippen molar-refractivity contribution in [3.05, 3.63) is 34.4 Å². The van der Waals surface area contributed by atoms with Gasteiger partial charge >= 0.3 is 0 Å². The average Bonchev–Trinajstić information content (AvgIpc) is 2.55. The number of hydrogen-bond donors (Lipinski definition) is 0. The topological polar surface area (TPSA) is 89.8 Å². The molecule has 0 N–H and O–H groups in total. The van der Waals surface area contributed by atoms with Gasteiger partial charge in [-0.25, -0.2) is 8.42 Å². The van der Waals surface area contributed by atoms with Crippen molar-refractivity contribution in [2.24, 2.45) is 5.92 Å². The minimum absolute atomic E-state index is 0.245. The Kier molecular flexibility index (Phi) is 5.71. The average molecular weight is 338 g/mol. The third kappa shape index (κ3) is 4.07. The molecule has 0 spiro atoms. The van der Waals surface area contributed by atoms with Crippen LogP contribution in [0, 0.1) is 28.4 Å². The first-order chi connectivity index (χ1) is 11.0. The van der Waals surface area contributed by atoms with Crippen molar-refractivity contribution in [3.63, 3.8) is 0 Å². The number of nitro groups is 1. The maximum Gasteiger partial charge on any atom is 0.289 e. The van der Waals surface area contributed by atoms with Gasteiger partial charge in [0.25, 0.3) is 5.69 Å². The Morgan fingerprint density at radius 1 is 1.35 bits per heavy atom. The van der Waals surface area contributed by atoms with E-state index >= 15 is 0 Å². The molecule has 0 unspecified atom stereocenters. The monoisotopic (exact) mass is 338 g/mol. The first kappa shape index (κ1) is 17.4. The van der Waals surface area contributed by atoms with Gasteiger partial charge in [-0.05, 0) is 24.8 Å². The van der Waals surface area contributed by atoms with E-state index in [9.17, 15) is 18.5 Å². The van der Waals surface area contributed by atoms with E-state index < -0.39 is 20.6 Å². The number of hydrogen-bond acceptors (Lipinski definition) is 5. The summed E-state index contributed by atoms with van der Waals surface area (Å²) in [6.45, 7) is 1.38. The molecule has 1 saturated heterocycles.